The van der Waals surface area contributed by atoms with E-state index in [4.69, 9.17) is 4.74 Å². The molecule has 2 aromatic carbocycles. The first-order valence-electron chi connectivity index (χ1n) is 7.35. The van der Waals surface area contributed by atoms with Crippen LogP contribution in [0.3, 0.4) is 0 Å². The van der Waals surface area contributed by atoms with E-state index in [1.165, 1.54) is 4.90 Å². The molecule has 0 atom stereocenters. The molecule has 0 radical (unpaired) electrons. The highest BCUT2D eigenvalue weighted by atomic mass is 79.9. The predicted molar refractivity (Wildman–Crippen MR) is 100 cm³/mol. The summed E-state index contributed by atoms with van der Waals surface area (Å²) in [5.74, 6) is 0.395. The van der Waals surface area contributed by atoms with Gasteiger partial charge in [-0.05, 0) is 66.7 Å². The molecule has 122 valence electrons. The van der Waals surface area contributed by atoms with Gasteiger partial charge in [0, 0.05) is 4.47 Å². The van der Waals surface area contributed by atoms with Crippen molar-refractivity contribution in [3.8, 4) is 5.75 Å². The molecular formula is C18H14BrNO3S. The van der Waals surface area contributed by atoms with E-state index in [1.54, 1.807) is 30.3 Å². The average molecular weight is 404 g/mol. The van der Waals surface area contributed by atoms with E-state index in [0.29, 0.717) is 22.9 Å². The summed E-state index contributed by atoms with van der Waals surface area (Å²) in [5.41, 5.74) is 1.40. The van der Waals surface area contributed by atoms with Crippen molar-refractivity contribution in [3.05, 3.63) is 63.5 Å². The van der Waals surface area contributed by atoms with Gasteiger partial charge < -0.3 is 4.74 Å². The highest BCUT2D eigenvalue weighted by Crippen LogP contribution is 2.36. The van der Waals surface area contributed by atoms with Gasteiger partial charge in [-0.15, -0.1) is 0 Å². The summed E-state index contributed by atoms with van der Waals surface area (Å²) < 4.78 is 6.30. The van der Waals surface area contributed by atoms with Gasteiger partial charge in [0.25, 0.3) is 11.1 Å². The third kappa shape index (κ3) is 3.55. The van der Waals surface area contributed by atoms with E-state index in [-0.39, 0.29) is 11.1 Å². The number of amides is 2. The van der Waals surface area contributed by atoms with Crippen molar-refractivity contribution in [1.29, 1.82) is 0 Å². The van der Waals surface area contributed by atoms with Crippen LogP contribution in [0.5, 0.6) is 5.75 Å². The second kappa shape index (κ2) is 7.23. The lowest BCUT2D eigenvalue weighted by Gasteiger charge is -2.13. The molecular weight excluding hydrogens is 390 g/mol. The largest absolute Gasteiger partial charge is 0.494 e. The number of ether oxygens (including phenoxy) is 1. The summed E-state index contributed by atoms with van der Waals surface area (Å²) in [4.78, 5) is 26.4. The summed E-state index contributed by atoms with van der Waals surface area (Å²) >= 11 is 4.34. The molecule has 0 spiro atoms. The molecule has 0 N–H and O–H groups in total. The van der Waals surface area contributed by atoms with Crippen molar-refractivity contribution >= 4 is 50.6 Å². The second-order valence-electron chi connectivity index (χ2n) is 5.00. The van der Waals surface area contributed by atoms with Crippen LogP contribution in [0.15, 0.2) is 57.9 Å². The number of carbonyl (C=O) groups is 2. The molecule has 0 aliphatic carbocycles. The Morgan fingerprint density at radius 1 is 1.17 bits per heavy atom. The zero-order valence-electron chi connectivity index (χ0n) is 12.9. The van der Waals surface area contributed by atoms with Crippen molar-refractivity contribution in [3.63, 3.8) is 0 Å². The highest BCUT2D eigenvalue weighted by Gasteiger charge is 2.36. The lowest BCUT2D eigenvalue weighted by atomic mass is 10.2. The summed E-state index contributed by atoms with van der Waals surface area (Å²) in [6.45, 7) is 2.47. The molecule has 1 aliphatic rings. The second-order valence-corrected chi connectivity index (χ2v) is 6.91. The molecule has 1 heterocycles. The summed E-state index contributed by atoms with van der Waals surface area (Å²) in [5, 5.41) is -0.301. The minimum Gasteiger partial charge on any atom is -0.494 e. The van der Waals surface area contributed by atoms with Crippen LogP contribution >= 0.6 is 27.7 Å². The number of carbonyl (C=O) groups excluding carboxylic acids is 2. The number of imide groups is 1. The lowest BCUT2D eigenvalue weighted by Crippen LogP contribution is -2.27. The van der Waals surface area contributed by atoms with Crippen molar-refractivity contribution in [2.45, 2.75) is 6.92 Å². The maximum atomic E-state index is 12.6. The summed E-state index contributed by atoms with van der Waals surface area (Å²) in [7, 11) is 0. The Bertz CT molecular complexity index is 817. The Labute approximate surface area is 152 Å². The van der Waals surface area contributed by atoms with Gasteiger partial charge in [0.1, 0.15) is 5.75 Å². The molecule has 24 heavy (non-hydrogen) atoms. The van der Waals surface area contributed by atoms with Crippen molar-refractivity contribution in [2.75, 3.05) is 11.5 Å². The number of rotatable bonds is 4. The third-order valence-corrected chi connectivity index (χ3v) is 4.71. The highest BCUT2D eigenvalue weighted by molar-refractivity contribution is 9.10. The molecule has 0 unspecified atom stereocenters. The number of hydrogen-bond acceptors (Lipinski definition) is 4. The molecule has 1 saturated heterocycles. The van der Waals surface area contributed by atoms with Crippen LogP contribution in [0.2, 0.25) is 0 Å². The first-order valence-corrected chi connectivity index (χ1v) is 8.96. The van der Waals surface area contributed by atoms with Gasteiger partial charge in [0.2, 0.25) is 0 Å². The smallest absolute Gasteiger partial charge is 0.298 e. The Morgan fingerprint density at radius 3 is 2.58 bits per heavy atom. The van der Waals surface area contributed by atoms with E-state index in [9.17, 15) is 9.59 Å². The van der Waals surface area contributed by atoms with Crippen LogP contribution in [0.25, 0.3) is 6.08 Å². The van der Waals surface area contributed by atoms with Gasteiger partial charge in [-0.1, -0.05) is 28.1 Å². The minimum atomic E-state index is -0.311. The van der Waals surface area contributed by atoms with Gasteiger partial charge >= 0.3 is 0 Å². The number of halogens is 1. The van der Waals surface area contributed by atoms with E-state index < -0.39 is 0 Å². The van der Waals surface area contributed by atoms with Gasteiger partial charge in [0.05, 0.1) is 17.2 Å². The molecule has 3 rings (SSSR count). The van der Waals surface area contributed by atoms with Crippen LogP contribution < -0.4 is 9.64 Å². The average Bonchev–Trinajstić information content (AvgIpc) is 2.83. The number of thioether (sulfide) groups is 1. The van der Waals surface area contributed by atoms with Crippen LogP contribution in [0.1, 0.15) is 12.5 Å². The van der Waals surface area contributed by atoms with E-state index >= 15 is 0 Å². The number of anilines is 1. The predicted octanol–water partition coefficient (Wildman–Crippen LogP) is 5.09. The maximum Gasteiger partial charge on any atom is 0.298 e. The quantitative estimate of drug-likeness (QED) is 0.667. The SMILES string of the molecule is CCOc1ccc(N2C(=O)S/C(=C\c3cccc(Br)c3)C2=O)cc1. The van der Waals surface area contributed by atoms with Crippen molar-refractivity contribution in [2.24, 2.45) is 0 Å². The van der Waals surface area contributed by atoms with Gasteiger partial charge in [-0.2, -0.15) is 0 Å². The zero-order valence-corrected chi connectivity index (χ0v) is 15.3. The maximum absolute atomic E-state index is 12.6. The Balaban J connectivity index is 1.86. The monoisotopic (exact) mass is 403 g/mol. The standard InChI is InChI=1S/C18H14BrNO3S/c1-2-23-15-8-6-14(7-9-15)20-17(21)16(24-18(20)22)11-12-4-3-5-13(19)10-12/h3-11H,2H2,1H3/b16-11-. The molecule has 0 bridgehead atoms. The molecule has 0 saturated carbocycles. The summed E-state index contributed by atoms with van der Waals surface area (Å²) in [6, 6.07) is 14.5. The van der Waals surface area contributed by atoms with Gasteiger partial charge in [-0.25, -0.2) is 4.90 Å². The first kappa shape index (κ1) is 16.8. The zero-order chi connectivity index (χ0) is 17.1. The fraction of sp³-hybridized carbons (Fsp3) is 0.111. The van der Waals surface area contributed by atoms with Gasteiger partial charge in [0.15, 0.2) is 0 Å². The lowest BCUT2D eigenvalue weighted by molar-refractivity contribution is -0.113. The molecule has 0 aromatic heterocycles. The number of benzene rings is 2. The van der Waals surface area contributed by atoms with E-state index in [0.717, 1.165) is 21.8 Å². The Hall–Kier alpha value is -2.05. The van der Waals surface area contributed by atoms with E-state index in [1.807, 2.05) is 31.2 Å². The van der Waals surface area contributed by atoms with Gasteiger partial charge in [-0.3, -0.25) is 9.59 Å². The fourth-order valence-electron chi connectivity index (χ4n) is 2.30. The fourth-order valence-corrected chi connectivity index (χ4v) is 3.55. The van der Waals surface area contributed by atoms with E-state index in [2.05, 4.69) is 15.9 Å². The molecule has 2 amide bonds. The minimum absolute atomic E-state index is 0.301. The third-order valence-electron chi connectivity index (χ3n) is 3.35. The van der Waals surface area contributed by atoms with Crippen molar-refractivity contribution < 1.29 is 14.3 Å². The topological polar surface area (TPSA) is 46.6 Å². The Kier molecular flexibility index (Phi) is 5.06. The molecule has 1 fully saturated rings. The molecule has 2 aromatic rings. The Morgan fingerprint density at radius 2 is 1.92 bits per heavy atom. The van der Waals surface area contributed by atoms with Crippen LogP contribution in [0.4, 0.5) is 10.5 Å². The normalized spacial score (nSPS) is 16.1. The number of hydrogen-bond donors (Lipinski definition) is 0. The van der Waals surface area contributed by atoms with Crippen LogP contribution in [-0.4, -0.2) is 17.8 Å². The molecule has 6 heteroatoms. The summed E-state index contributed by atoms with van der Waals surface area (Å²) in [6.07, 6.45) is 1.73. The van der Waals surface area contributed by atoms with Crippen LogP contribution in [-0.2, 0) is 4.79 Å². The van der Waals surface area contributed by atoms with Crippen LogP contribution in [0, 0.1) is 0 Å². The molecule has 4 nitrogen and oxygen atoms in total. The number of nitrogens with zero attached hydrogens (tertiary/aromatic N) is 1. The van der Waals surface area contributed by atoms with Crippen molar-refractivity contribution in [1.82, 2.24) is 0 Å². The first-order chi connectivity index (χ1) is 11.6. The molecule has 1 aliphatic heterocycles.